The second-order valence-corrected chi connectivity index (χ2v) is 8.03. The van der Waals surface area contributed by atoms with Crippen molar-refractivity contribution >= 4 is 12.1 Å². The molecule has 35 heavy (non-hydrogen) atoms. The van der Waals surface area contributed by atoms with Crippen molar-refractivity contribution in [1.82, 2.24) is 0 Å². The highest BCUT2D eigenvalue weighted by atomic mass is 16.5. The molecule has 1 atom stereocenters. The number of fused-ring (bicyclic) bond motifs is 1. The van der Waals surface area contributed by atoms with Gasteiger partial charge in [0.05, 0.1) is 46.7 Å². The fourth-order valence-electron chi connectivity index (χ4n) is 4.74. The molecule has 0 heterocycles. The molecule has 0 radical (unpaired) electrons. The molecule has 1 N–H and O–H groups in total. The van der Waals surface area contributed by atoms with Crippen molar-refractivity contribution in [3.05, 3.63) is 64.2 Å². The highest BCUT2D eigenvalue weighted by molar-refractivity contribution is 6.16. The predicted molar refractivity (Wildman–Crippen MR) is 129 cm³/mol. The van der Waals surface area contributed by atoms with Crippen LogP contribution < -0.4 is 23.7 Å². The van der Waals surface area contributed by atoms with Gasteiger partial charge >= 0.3 is 0 Å². The lowest BCUT2D eigenvalue weighted by Gasteiger charge is -2.40. The molecule has 8 heteroatoms. The molecule has 0 aliphatic heterocycles. The summed E-state index contributed by atoms with van der Waals surface area (Å²) in [5, 5.41) is 11.8. The summed E-state index contributed by atoms with van der Waals surface area (Å²) in [4.78, 5) is 25.5. The van der Waals surface area contributed by atoms with Crippen LogP contribution in [0.4, 0.5) is 0 Å². The van der Waals surface area contributed by atoms with Crippen LogP contribution in [-0.2, 0) is 5.60 Å². The molecule has 0 saturated carbocycles. The summed E-state index contributed by atoms with van der Waals surface area (Å²) in [6, 6.07) is 9.89. The van der Waals surface area contributed by atoms with Gasteiger partial charge in [0.1, 0.15) is 28.7 Å². The molecule has 0 unspecified atom stereocenters. The van der Waals surface area contributed by atoms with Gasteiger partial charge in [-0.3, -0.25) is 9.59 Å². The van der Waals surface area contributed by atoms with Crippen molar-refractivity contribution in [1.29, 1.82) is 0 Å². The van der Waals surface area contributed by atoms with E-state index in [1.165, 1.54) is 35.5 Å². The van der Waals surface area contributed by atoms with Crippen LogP contribution >= 0.6 is 0 Å². The molecule has 0 aromatic heterocycles. The number of Topliss-reactive ketones (excluding diaryl/α,β-unsaturated/α-hetero) is 1. The van der Waals surface area contributed by atoms with Crippen LogP contribution in [0.3, 0.4) is 0 Å². The van der Waals surface area contributed by atoms with Crippen molar-refractivity contribution in [2.45, 2.75) is 12.5 Å². The molecule has 0 fully saturated rings. The summed E-state index contributed by atoms with van der Waals surface area (Å²) in [6.07, 6.45) is 0.645. The Balaban J connectivity index is 2.10. The van der Waals surface area contributed by atoms with E-state index in [0.717, 1.165) is 5.56 Å². The first-order valence-corrected chi connectivity index (χ1v) is 10.7. The zero-order valence-corrected chi connectivity index (χ0v) is 20.3. The highest BCUT2D eigenvalue weighted by Gasteiger charge is 2.56. The fourth-order valence-corrected chi connectivity index (χ4v) is 4.74. The van der Waals surface area contributed by atoms with Crippen LogP contribution in [0.5, 0.6) is 28.7 Å². The zero-order valence-electron chi connectivity index (χ0n) is 20.3. The van der Waals surface area contributed by atoms with Gasteiger partial charge in [0.15, 0.2) is 11.9 Å². The molecule has 0 spiro atoms. The largest absolute Gasteiger partial charge is 0.496 e. The van der Waals surface area contributed by atoms with Gasteiger partial charge in [0.25, 0.3) is 0 Å². The zero-order chi connectivity index (χ0) is 25.5. The Labute approximate surface area is 203 Å². The first kappa shape index (κ1) is 24.1. The molecule has 4 rings (SSSR count). The fraction of sp³-hybridized carbons (Fsp3) is 0.259. The third-order valence-corrected chi connectivity index (χ3v) is 6.31. The summed E-state index contributed by atoms with van der Waals surface area (Å²) >= 11 is 0. The van der Waals surface area contributed by atoms with Gasteiger partial charge in [-0.1, -0.05) is 0 Å². The SMILES string of the molecule is COc1ccc(OC)c(-c2c(OC)ccc([C@@]3(O)C(=O)c4cc(C)cc(OC)c43)c2OC)c1C=O. The van der Waals surface area contributed by atoms with Gasteiger partial charge in [-0.25, -0.2) is 0 Å². The topological polar surface area (TPSA) is 101 Å². The Kier molecular flexibility index (Phi) is 6.17. The van der Waals surface area contributed by atoms with E-state index in [0.29, 0.717) is 51.5 Å². The van der Waals surface area contributed by atoms with Crippen LogP contribution in [0.25, 0.3) is 11.1 Å². The van der Waals surface area contributed by atoms with Crippen LogP contribution in [0.1, 0.15) is 37.4 Å². The minimum absolute atomic E-state index is 0.142. The molecule has 0 amide bonds. The summed E-state index contributed by atoms with van der Waals surface area (Å²) < 4.78 is 27.8. The van der Waals surface area contributed by atoms with E-state index >= 15 is 0 Å². The third kappa shape index (κ3) is 3.32. The van der Waals surface area contributed by atoms with Crippen LogP contribution in [0, 0.1) is 6.92 Å². The minimum atomic E-state index is -2.03. The number of aryl methyl sites for hydroxylation is 1. The summed E-state index contributed by atoms with van der Waals surface area (Å²) in [7, 11) is 7.27. The number of rotatable bonds is 8. The van der Waals surface area contributed by atoms with E-state index in [2.05, 4.69) is 0 Å². The van der Waals surface area contributed by atoms with E-state index in [-0.39, 0.29) is 16.9 Å². The van der Waals surface area contributed by atoms with Crippen molar-refractivity contribution in [3.8, 4) is 39.9 Å². The van der Waals surface area contributed by atoms with Crippen LogP contribution in [0.15, 0.2) is 36.4 Å². The Hall–Kier alpha value is -4.04. The molecule has 3 aromatic carbocycles. The van der Waals surface area contributed by atoms with Crippen molar-refractivity contribution in [2.24, 2.45) is 0 Å². The Bertz CT molecular complexity index is 1340. The lowest BCUT2D eigenvalue weighted by atomic mass is 9.66. The average molecular weight is 478 g/mol. The van der Waals surface area contributed by atoms with E-state index in [1.54, 1.807) is 36.4 Å². The summed E-state index contributed by atoms with van der Waals surface area (Å²) in [5.41, 5.74) is 0.548. The predicted octanol–water partition coefficient (Wildman–Crippen LogP) is 3.95. The Morgan fingerprint density at radius 2 is 1.34 bits per heavy atom. The number of carbonyl (C=O) groups excluding carboxylic acids is 2. The van der Waals surface area contributed by atoms with Gasteiger partial charge in [-0.15, -0.1) is 0 Å². The minimum Gasteiger partial charge on any atom is -0.496 e. The molecular weight excluding hydrogens is 452 g/mol. The van der Waals surface area contributed by atoms with E-state index in [4.69, 9.17) is 23.7 Å². The number of hydrogen-bond donors (Lipinski definition) is 1. The number of aliphatic hydroxyl groups is 1. The van der Waals surface area contributed by atoms with E-state index < -0.39 is 11.4 Å². The molecule has 0 bridgehead atoms. The molecule has 0 saturated heterocycles. The number of carbonyl (C=O) groups is 2. The number of hydrogen-bond acceptors (Lipinski definition) is 8. The highest BCUT2D eigenvalue weighted by Crippen LogP contribution is 2.56. The first-order chi connectivity index (χ1) is 16.8. The molecule has 1 aliphatic carbocycles. The quantitative estimate of drug-likeness (QED) is 0.486. The number of methoxy groups -OCH3 is 5. The first-order valence-electron chi connectivity index (χ1n) is 10.7. The van der Waals surface area contributed by atoms with Gasteiger partial charge in [0, 0.05) is 22.3 Å². The number of benzene rings is 3. The van der Waals surface area contributed by atoms with Gasteiger partial charge in [-0.05, 0) is 48.9 Å². The number of aldehydes is 1. The maximum Gasteiger partial charge on any atom is 0.204 e. The van der Waals surface area contributed by atoms with Gasteiger partial charge in [-0.2, -0.15) is 0 Å². The van der Waals surface area contributed by atoms with Gasteiger partial charge in [0.2, 0.25) is 5.78 Å². The third-order valence-electron chi connectivity index (χ3n) is 6.31. The maximum atomic E-state index is 13.3. The van der Waals surface area contributed by atoms with E-state index in [1.807, 2.05) is 6.92 Å². The second-order valence-electron chi connectivity index (χ2n) is 8.03. The molecular formula is C27H26O8. The molecule has 1 aliphatic rings. The Morgan fingerprint density at radius 1 is 0.771 bits per heavy atom. The van der Waals surface area contributed by atoms with E-state index in [9.17, 15) is 14.7 Å². The van der Waals surface area contributed by atoms with Crippen LogP contribution in [0.2, 0.25) is 0 Å². The van der Waals surface area contributed by atoms with Crippen molar-refractivity contribution < 1.29 is 38.4 Å². The standard InChI is InChI=1S/C27H26O8/c1-14-11-15-24(21(12-14)34-5)27(30,26(15)29)17-7-8-20(33-4)23(25(17)35-6)22-16(13-28)18(31-2)9-10-19(22)32-3/h7-13,30H,1-6H3/t27-/m0/s1. The summed E-state index contributed by atoms with van der Waals surface area (Å²) in [6.45, 7) is 1.84. The Morgan fingerprint density at radius 3 is 1.91 bits per heavy atom. The smallest absolute Gasteiger partial charge is 0.204 e. The monoisotopic (exact) mass is 478 g/mol. The van der Waals surface area contributed by atoms with Gasteiger partial charge < -0.3 is 28.8 Å². The lowest BCUT2D eigenvalue weighted by Crippen LogP contribution is -2.47. The molecule has 182 valence electrons. The maximum absolute atomic E-state index is 13.3. The summed E-state index contributed by atoms with van der Waals surface area (Å²) in [5.74, 6) is 1.04. The van der Waals surface area contributed by atoms with Crippen LogP contribution in [-0.4, -0.2) is 52.7 Å². The molecule has 8 nitrogen and oxygen atoms in total. The van der Waals surface area contributed by atoms with Crippen molar-refractivity contribution in [2.75, 3.05) is 35.5 Å². The number of ketones is 1. The van der Waals surface area contributed by atoms with Crippen molar-refractivity contribution in [3.63, 3.8) is 0 Å². The average Bonchev–Trinajstić information content (AvgIpc) is 2.89. The lowest BCUT2D eigenvalue weighted by molar-refractivity contribution is 0.0353. The second kappa shape index (κ2) is 8.96. The number of ether oxygens (including phenoxy) is 5. The molecule has 3 aromatic rings. The normalized spacial score (nSPS) is 16.1.